The second-order valence-electron chi connectivity index (χ2n) is 9.76. The summed E-state index contributed by atoms with van der Waals surface area (Å²) in [6.45, 7) is 10.4. The fourth-order valence-corrected chi connectivity index (χ4v) is 5.04. The minimum absolute atomic E-state index is 0.0782. The summed E-state index contributed by atoms with van der Waals surface area (Å²) in [6, 6.07) is 12.2. The SMILES string of the molecule is CCN(CC1CCN(C(C)(C)Cc2cccc(OC)c2)CC1)C(=O)c1cc2cnccc2[nH]1. The number of nitrogens with one attached hydrogen (secondary N) is 1. The van der Waals surface area contributed by atoms with Crippen LogP contribution in [0.5, 0.6) is 5.75 Å². The van der Waals surface area contributed by atoms with E-state index in [9.17, 15) is 4.79 Å². The molecule has 6 heteroatoms. The standard InChI is InChI=1S/C27H36N4O2/c1-5-30(26(32)25-16-22-18-28-12-9-24(22)29-25)19-20-10-13-31(14-11-20)27(2,3)17-21-7-6-8-23(15-21)33-4/h6-9,12,15-16,18,20,29H,5,10-11,13-14,17,19H2,1-4H3. The summed E-state index contributed by atoms with van der Waals surface area (Å²) in [6.07, 6.45) is 6.75. The molecule has 176 valence electrons. The number of carbonyl (C=O) groups excluding carboxylic acids is 1. The third-order valence-electron chi connectivity index (χ3n) is 7.04. The second-order valence-corrected chi connectivity index (χ2v) is 9.76. The Kier molecular flexibility index (Phi) is 7.03. The molecule has 1 aliphatic heterocycles. The number of H-pyrrole nitrogens is 1. The van der Waals surface area contributed by atoms with Gasteiger partial charge >= 0.3 is 0 Å². The highest BCUT2D eigenvalue weighted by Gasteiger charge is 2.32. The van der Waals surface area contributed by atoms with Gasteiger partial charge in [0.1, 0.15) is 11.4 Å². The molecule has 1 aliphatic rings. The van der Waals surface area contributed by atoms with E-state index in [-0.39, 0.29) is 11.4 Å². The summed E-state index contributed by atoms with van der Waals surface area (Å²) in [4.78, 5) is 25.1. The zero-order chi connectivity index (χ0) is 23.4. The molecule has 0 spiro atoms. The van der Waals surface area contributed by atoms with Gasteiger partial charge in [0.2, 0.25) is 0 Å². The number of likely N-dealkylation sites (tertiary alicyclic amines) is 1. The lowest BCUT2D eigenvalue weighted by Crippen LogP contribution is -2.50. The van der Waals surface area contributed by atoms with Crippen LogP contribution in [0.2, 0.25) is 0 Å². The summed E-state index contributed by atoms with van der Waals surface area (Å²) in [5.41, 5.74) is 2.99. The van der Waals surface area contributed by atoms with Crippen LogP contribution in [0.25, 0.3) is 10.9 Å². The minimum Gasteiger partial charge on any atom is -0.497 e. The lowest BCUT2D eigenvalue weighted by molar-refractivity contribution is 0.0546. The van der Waals surface area contributed by atoms with Gasteiger partial charge < -0.3 is 14.6 Å². The average Bonchev–Trinajstić information content (AvgIpc) is 3.26. The van der Waals surface area contributed by atoms with Crippen LogP contribution in [0, 0.1) is 5.92 Å². The van der Waals surface area contributed by atoms with Gasteiger partial charge in [0.25, 0.3) is 5.91 Å². The normalized spacial score (nSPS) is 15.6. The summed E-state index contributed by atoms with van der Waals surface area (Å²) >= 11 is 0. The van der Waals surface area contributed by atoms with E-state index in [0.29, 0.717) is 18.2 Å². The minimum atomic E-state index is 0.0782. The smallest absolute Gasteiger partial charge is 0.270 e. The number of fused-ring (bicyclic) bond motifs is 1. The topological polar surface area (TPSA) is 61.5 Å². The van der Waals surface area contributed by atoms with Gasteiger partial charge in [-0.2, -0.15) is 0 Å². The Morgan fingerprint density at radius 2 is 2.03 bits per heavy atom. The second kappa shape index (κ2) is 9.96. The first kappa shape index (κ1) is 23.3. The highest BCUT2D eigenvalue weighted by atomic mass is 16.5. The summed E-state index contributed by atoms with van der Waals surface area (Å²) in [5, 5.41) is 0.975. The molecule has 6 nitrogen and oxygen atoms in total. The van der Waals surface area contributed by atoms with Crippen molar-refractivity contribution in [1.82, 2.24) is 19.8 Å². The third-order valence-corrected chi connectivity index (χ3v) is 7.04. The number of piperidine rings is 1. The number of ether oxygens (including phenoxy) is 1. The summed E-state index contributed by atoms with van der Waals surface area (Å²) < 4.78 is 5.39. The lowest BCUT2D eigenvalue weighted by atomic mass is 9.88. The maximum absolute atomic E-state index is 13.2. The molecule has 0 radical (unpaired) electrons. The van der Waals surface area contributed by atoms with Crippen molar-refractivity contribution in [3.05, 3.63) is 60.0 Å². The number of benzene rings is 1. The van der Waals surface area contributed by atoms with Crippen LogP contribution in [0.4, 0.5) is 0 Å². The van der Waals surface area contributed by atoms with Crippen LogP contribution in [0.1, 0.15) is 49.7 Å². The molecule has 0 saturated carbocycles. The van der Waals surface area contributed by atoms with Gasteiger partial charge in [-0.1, -0.05) is 12.1 Å². The van der Waals surface area contributed by atoms with Crippen molar-refractivity contribution >= 4 is 16.8 Å². The molecule has 0 unspecified atom stereocenters. The number of hydrogen-bond donors (Lipinski definition) is 1. The number of nitrogens with zero attached hydrogens (tertiary/aromatic N) is 3. The van der Waals surface area contributed by atoms with Crippen molar-refractivity contribution in [2.75, 3.05) is 33.3 Å². The molecule has 3 aromatic rings. The fourth-order valence-electron chi connectivity index (χ4n) is 5.04. The molecule has 3 heterocycles. The van der Waals surface area contributed by atoms with Gasteiger partial charge in [-0.3, -0.25) is 14.7 Å². The number of carbonyl (C=O) groups is 1. The van der Waals surface area contributed by atoms with E-state index in [1.807, 2.05) is 23.1 Å². The zero-order valence-electron chi connectivity index (χ0n) is 20.3. The van der Waals surface area contributed by atoms with Crippen LogP contribution < -0.4 is 4.74 Å². The highest BCUT2D eigenvalue weighted by Crippen LogP contribution is 2.29. The van der Waals surface area contributed by atoms with E-state index in [1.54, 1.807) is 19.5 Å². The number of methoxy groups -OCH3 is 1. The van der Waals surface area contributed by atoms with Crippen LogP contribution in [-0.2, 0) is 6.42 Å². The number of aromatic nitrogens is 2. The third kappa shape index (κ3) is 5.38. The van der Waals surface area contributed by atoms with Crippen molar-refractivity contribution in [3.8, 4) is 5.75 Å². The molecule has 0 atom stereocenters. The first-order chi connectivity index (χ1) is 15.9. The molecule has 4 rings (SSSR count). The lowest BCUT2D eigenvalue weighted by Gasteiger charge is -2.44. The predicted octanol–water partition coefficient (Wildman–Crippen LogP) is 4.77. The van der Waals surface area contributed by atoms with Crippen LogP contribution in [0.3, 0.4) is 0 Å². The van der Waals surface area contributed by atoms with Gasteiger partial charge in [-0.25, -0.2) is 0 Å². The Morgan fingerprint density at radius 1 is 1.24 bits per heavy atom. The Bertz CT molecular complexity index is 1050. The van der Waals surface area contributed by atoms with Crippen LogP contribution in [-0.4, -0.2) is 64.5 Å². The van der Waals surface area contributed by atoms with Crippen molar-refractivity contribution in [2.24, 2.45) is 5.92 Å². The number of rotatable bonds is 8. The van der Waals surface area contributed by atoms with Crippen molar-refractivity contribution < 1.29 is 9.53 Å². The number of amides is 1. The fraction of sp³-hybridized carbons (Fsp3) is 0.481. The molecule has 2 aromatic heterocycles. The van der Waals surface area contributed by atoms with E-state index >= 15 is 0 Å². The molecule has 0 aliphatic carbocycles. The Balaban J connectivity index is 1.34. The molecule has 1 saturated heterocycles. The molecule has 1 fully saturated rings. The average molecular weight is 449 g/mol. The molecular weight excluding hydrogens is 412 g/mol. The Labute approximate surface area is 196 Å². The van der Waals surface area contributed by atoms with E-state index in [4.69, 9.17) is 4.74 Å². The van der Waals surface area contributed by atoms with Crippen molar-refractivity contribution in [2.45, 2.75) is 45.6 Å². The van der Waals surface area contributed by atoms with Gasteiger partial charge in [0, 0.05) is 41.9 Å². The predicted molar refractivity (Wildman–Crippen MR) is 133 cm³/mol. The van der Waals surface area contributed by atoms with Gasteiger partial charge in [0.05, 0.1) is 7.11 Å². The summed E-state index contributed by atoms with van der Waals surface area (Å²) in [5.74, 6) is 1.52. The highest BCUT2D eigenvalue weighted by molar-refractivity contribution is 5.97. The maximum Gasteiger partial charge on any atom is 0.270 e. The van der Waals surface area contributed by atoms with Crippen LogP contribution in [0.15, 0.2) is 48.8 Å². The van der Waals surface area contributed by atoms with Gasteiger partial charge in [0.15, 0.2) is 0 Å². The maximum atomic E-state index is 13.2. The first-order valence-corrected chi connectivity index (χ1v) is 12.0. The number of aromatic amines is 1. The molecule has 0 bridgehead atoms. The molecule has 1 amide bonds. The van der Waals surface area contributed by atoms with Gasteiger partial charge in [-0.15, -0.1) is 0 Å². The Hall–Kier alpha value is -2.86. The number of pyridine rings is 1. The molecule has 1 aromatic carbocycles. The molecule has 1 N–H and O–H groups in total. The molecule has 33 heavy (non-hydrogen) atoms. The zero-order valence-corrected chi connectivity index (χ0v) is 20.3. The number of hydrogen-bond acceptors (Lipinski definition) is 4. The van der Waals surface area contributed by atoms with E-state index in [1.165, 1.54) is 5.56 Å². The largest absolute Gasteiger partial charge is 0.497 e. The molecular formula is C27H36N4O2. The van der Waals surface area contributed by atoms with E-state index in [2.05, 4.69) is 53.8 Å². The van der Waals surface area contributed by atoms with Crippen molar-refractivity contribution in [1.29, 1.82) is 0 Å². The monoisotopic (exact) mass is 448 g/mol. The van der Waals surface area contributed by atoms with E-state index in [0.717, 1.165) is 55.5 Å². The van der Waals surface area contributed by atoms with Crippen molar-refractivity contribution in [3.63, 3.8) is 0 Å². The quantitative estimate of drug-likeness (QED) is 0.539. The Morgan fingerprint density at radius 3 is 2.73 bits per heavy atom. The summed E-state index contributed by atoms with van der Waals surface area (Å²) in [7, 11) is 1.72. The van der Waals surface area contributed by atoms with Crippen LogP contribution >= 0.6 is 0 Å². The van der Waals surface area contributed by atoms with E-state index < -0.39 is 0 Å². The first-order valence-electron chi connectivity index (χ1n) is 12.0. The van der Waals surface area contributed by atoms with Gasteiger partial charge in [-0.05, 0) is 88.9 Å².